The van der Waals surface area contributed by atoms with Crippen LogP contribution in [0.25, 0.3) is 0 Å². The first-order chi connectivity index (χ1) is 15.2. The topological polar surface area (TPSA) is 61.9 Å². The highest BCUT2D eigenvalue weighted by Gasteiger charge is 2.53. The molecule has 0 unspecified atom stereocenters. The molecule has 1 N–H and O–H groups in total. The number of thiophene rings is 1. The molecule has 4 aliphatic rings. The van der Waals surface area contributed by atoms with Crippen molar-refractivity contribution in [2.24, 2.45) is 17.8 Å². The molecule has 4 aliphatic carbocycles. The molecule has 32 heavy (non-hydrogen) atoms. The van der Waals surface area contributed by atoms with E-state index in [-0.39, 0.29) is 11.4 Å². The van der Waals surface area contributed by atoms with Crippen LogP contribution in [0.4, 0.5) is 5.00 Å². The van der Waals surface area contributed by atoms with Gasteiger partial charge in [-0.15, -0.1) is 11.3 Å². The molecule has 1 amide bonds. The average molecular weight is 478 g/mol. The minimum absolute atomic E-state index is 0.0592. The van der Waals surface area contributed by atoms with Gasteiger partial charge < -0.3 is 19.9 Å². The van der Waals surface area contributed by atoms with Gasteiger partial charge in [0.1, 0.15) is 5.00 Å². The second-order valence-electron chi connectivity index (χ2n) is 9.86. The molecule has 0 aromatic carbocycles. The van der Waals surface area contributed by atoms with Crippen molar-refractivity contribution in [1.29, 1.82) is 0 Å². The molecule has 1 aromatic rings. The fourth-order valence-electron chi connectivity index (χ4n) is 6.68. The zero-order chi connectivity index (χ0) is 23.2. The number of carbonyl (C=O) groups is 2. The first-order valence-electron chi connectivity index (χ1n) is 11.8. The van der Waals surface area contributed by atoms with Crippen molar-refractivity contribution >= 4 is 45.5 Å². The summed E-state index contributed by atoms with van der Waals surface area (Å²) in [7, 11) is 3.47. The molecular formula is C24H35N3O3S2. The van der Waals surface area contributed by atoms with Crippen molar-refractivity contribution in [3.05, 3.63) is 16.0 Å². The fraction of sp³-hybridized carbons (Fsp3) is 0.708. The molecule has 0 saturated heterocycles. The summed E-state index contributed by atoms with van der Waals surface area (Å²) in [4.78, 5) is 30.3. The third-order valence-electron chi connectivity index (χ3n) is 8.02. The number of methoxy groups -OCH3 is 1. The van der Waals surface area contributed by atoms with Gasteiger partial charge in [0, 0.05) is 25.7 Å². The number of amides is 1. The summed E-state index contributed by atoms with van der Waals surface area (Å²) in [6, 6.07) is 0. The minimum atomic E-state index is -0.444. The number of nitrogens with zero attached hydrogens (tertiary/aromatic N) is 2. The number of hydrogen-bond acceptors (Lipinski definition) is 5. The first-order valence-corrected chi connectivity index (χ1v) is 13.0. The second-order valence-corrected chi connectivity index (χ2v) is 11.3. The highest BCUT2D eigenvalue weighted by Crippen LogP contribution is 2.57. The van der Waals surface area contributed by atoms with Crippen molar-refractivity contribution in [3.8, 4) is 0 Å². The van der Waals surface area contributed by atoms with Gasteiger partial charge in [-0.25, -0.2) is 4.79 Å². The van der Waals surface area contributed by atoms with Gasteiger partial charge in [0.25, 0.3) is 5.91 Å². The lowest BCUT2D eigenvalue weighted by molar-refractivity contribution is -0.0538. The summed E-state index contributed by atoms with van der Waals surface area (Å²) < 4.78 is 5.05. The van der Waals surface area contributed by atoms with Crippen LogP contribution in [0.2, 0.25) is 0 Å². The van der Waals surface area contributed by atoms with E-state index < -0.39 is 5.97 Å². The summed E-state index contributed by atoms with van der Waals surface area (Å²) in [5, 5.41) is 4.57. The Labute approximate surface area is 200 Å². The summed E-state index contributed by atoms with van der Waals surface area (Å²) >= 11 is 7.17. The number of carbonyl (C=O) groups excluding carboxylic acids is 2. The Bertz CT molecular complexity index is 887. The monoisotopic (exact) mass is 477 g/mol. The molecule has 4 saturated carbocycles. The van der Waals surface area contributed by atoms with Gasteiger partial charge in [0.15, 0.2) is 5.11 Å². The second kappa shape index (κ2) is 8.93. The molecule has 1 heterocycles. The maximum atomic E-state index is 13.1. The van der Waals surface area contributed by atoms with Crippen LogP contribution in [0.3, 0.4) is 0 Å². The average Bonchev–Trinajstić information content (AvgIpc) is 3.08. The number of hydrogen-bond donors (Lipinski definition) is 1. The fourth-order valence-corrected chi connectivity index (χ4v) is 8.20. The largest absolute Gasteiger partial charge is 0.465 e. The lowest BCUT2D eigenvalue weighted by Gasteiger charge is -2.60. The zero-order valence-electron chi connectivity index (χ0n) is 19.8. The van der Waals surface area contributed by atoms with Gasteiger partial charge in [-0.3, -0.25) is 4.79 Å². The van der Waals surface area contributed by atoms with Crippen LogP contribution in [0.1, 0.15) is 78.0 Å². The number of thiocarbonyl (C=S) groups is 1. The number of anilines is 1. The van der Waals surface area contributed by atoms with Gasteiger partial charge in [0.05, 0.1) is 17.6 Å². The molecule has 0 radical (unpaired) electrons. The molecule has 176 valence electrons. The number of ether oxygens (including phenoxy) is 1. The Hall–Kier alpha value is -1.67. The summed E-state index contributed by atoms with van der Waals surface area (Å²) in [6.07, 6.45) is 7.74. The maximum absolute atomic E-state index is 13.1. The SMILES string of the molecule is CCN(CC)C(=O)c1sc(NC(=S)N(C)C23CC4CC(CC(C4)C2)C3)c(C(=O)OC)c1C. The van der Waals surface area contributed by atoms with Crippen molar-refractivity contribution in [2.75, 3.05) is 32.6 Å². The number of esters is 1. The molecule has 6 nitrogen and oxygen atoms in total. The Kier molecular flexibility index (Phi) is 6.56. The molecule has 4 fully saturated rings. The number of rotatable bonds is 6. The summed E-state index contributed by atoms with van der Waals surface area (Å²) in [6.45, 7) is 6.98. The molecule has 0 aliphatic heterocycles. The van der Waals surface area contributed by atoms with Gasteiger partial charge in [0.2, 0.25) is 0 Å². The number of nitrogens with one attached hydrogen (secondary N) is 1. The lowest BCUT2D eigenvalue weighted by atomic mass is 9.52. The molecule has 5 rings (SSSR count). The van der Waals surface area contributed by atoms with E-state index in [2.05, 4.69) is 17.3 Å². The highest BCUT2D eigenvalue weighted by molar-refractivity contribution is 7.80. The van der Waals surface area contributed by atoms with Crippen LogP contribution in [0.5, 0.6) is 0 Å². The molecule has 0 atom stereocenters. The zero-order valence-corrected chi connectivity index (χ0v) is 21.5. The van der Waals surface area contributed by atoms with E-state index in [1.165, 1.54) is 57.0 Å². The summed E-state index contributed by atoms with van der Waals surface area (Å²) in [5.41, 5.74) is 1.19. The molecular weight excluding hydrogens is 442 g/mol. The minimum Gasteiger partial charge on any atom is -0.465 e. The van der Waals surface area contributed by atoms with Crippen molar-refractivity contribution in [2.45, 2.75) is 64.8 Å². The van der Waals surface area contributed by atoms with Crippen LogP contribution < -0.4 is 5.32 Å². The van der Waals surface area contributed by atoms with E-state index in [0.29, 0.717) is 39.2 Å². The van der Waals surface area contributed by atoms with Crippen LogP contribution in [0.15, 0.2) is 0 Å². The van der Waals surface area contributed by atoms with Crippen LogP contribution >= 0.6 is 23.6 Å². The molecule has 4 bridgehead atoms. The van der Waals surface area contributed by atoms with Crippen LogP contribution in [-0.4, -0.2) is 59.6 Å². The quantitative estimate of drug-likeness (QED) is 0.463. The Balaban J connectivity index is 1.60. The Morgan fingerprint density at radius 3 is 2.12 bits per heavy atom. The van der Waals surface area contributed by atoms with Crippen molar-refractivity contribution in [1.82, 2.24) is 9.80 Å². The van der Waals surface area contributed by atoms with Crippen molar-refractivity contribution in [3.63, 3.8) is 0 Å². The van der Waals surface area contributed by atoms with Gasteiger partial charge in [-0.1, -0.05) is 0 Å². The Morgan fingerprint density at radius 1 is 1.12 bits per heavy atom. The predicted octanol–water partition coefficient (Wildman–Crippen LogP) is 4.92. The van der Waals surface area contributed by atoms with Gasteiger partial charge in [-0.05, 0) is 94.8 Å². The molecule has 1 aromatic heterocycles. The summed E-state index contributed by atoms with van der Waals surface area (Å²) in [5.74, 6) is 1.95. The maximum Gasteiger partial charge on any atom is 0.341 e. The third kappa shape index (κ3) is 3.94. The van der Waals surface area contributed by atoms with Crippen LogP contribution in [0, 0.1) is 24.7 Å². The van der Waals surface area contributed by atoms with Gasteiger partial charge in [-0.2, -0.15) is 0 Å². The van der Waals surface area contributed by atoms with E-state index >= 15 is 0 Å². The lowest BCUT2D eigenvalue weighted by Crippen LogP contribution is -2.60. The molecule has 8 heteroatoms. The Morgan fingerprint density at radius 2 is 1.66 bits per heavy atom. The highest BCUT2D eigenvalue weighted by atomic mass is 32.1. The normalized spacial score (nSPS) is 27.8. The van der Waals surface area contributed by atoms with E-state index in [4.69, 9.17) is 17.0 Å². The van der Waals surface area contributed by atoms with E-state index in [1.54, 1.807) is 4.90 Å². The van der Waals surface area contributed by atoms with Gasteiger partial charge >= 0.3 is 5.97 Å². The van der Waals surface area contributed by atoms with Crippen molar-refractivity contribution < 1.29 is 14.3 Å². The van der Waals surface area contributed by atoms with E-state index in [9.17, 15) is 9.59 Å². The van der Waals surface area contributed by atoms with E-state index in [1.807, 2.05) is 20.8 Å². The first kappa shape index (κ1) is 23.5. The standard InChI is InChI=1S/C24H35N3O3S2/c1-6-27(7-2)21(28)19-14(3)18(22(29)30-5)20(32-19)25-23(31)26(4)24-11-15-8-16(12-24)10-17(9-15)13-24/h15-17H,6-13H2,1-5H3,(H,25,31). The smallest absolute Gasteiger partial charge is 0.341 e. The molecule has 0 spiro atoms. The van der Waals surface area contributed by atoms with Crippen LogP contribution in [-0.2, 0) is 4.74 Å². The predicted molar refractivity (Wildman–Crippen MR) is 133 cm³/mol. The van der Waals surface area contributed by atoms with E-state index in [0.717, 1.165) is 17.8 Å². The third-order valence-corrected chi connectivity index (χ3v) is 9.59.